The highest BCUT2D eigenvalue weighted by molar-refractivity contribution is 6.03. The molecule has 2 aromatic carbocycles. The molecular weight excluding hydrogens is 321 g/mol. The maximum atomic E-state index is 13.2. The number of ether oxygens (including phenoxy) is 1. The van der Waals surface area contributed by atoms with Crippen LogP contribution in [0, 0.1) is 5.82 Å². The number of esters is 1. The highest BCUT2D eigenvalue weighted by Gasteiger charge is 2.21. The second-order valence-electron chi connectivity index (χ2n) is 5.39. The zero-order chi connectivity index (χ0) is 17.8. The van der Waals surface area contributed by atoms with Gasteiger partial charge in [0.15, 0.2) is 0 Å². The van der Waals surface area contributed by atoms with Crippen LogP contribution in [0.5, 0.6) is 0 Å². The van der Waals surface area contributed by atoms with Crippen LogP contribution in [0.3, 0.4) is 0 Å². The number of rotatable bonds is 4. The largest absolute Gasteiger partial charge is 0.462 e. The van der Waals surface area contributed by atoms with Crippen molar-refractivity contribution >= 4 is 5.97 Å². The van der Waals surface area contributed by atoms with Gasteiger partial charge in [-0.3, -0.25) is 4.79 Å². The minimum atomic E-state index is -0.545. The van der Waals surface area contributed by atoms with Crippen LogP contribution in [0.15, 0.2) is 65.5 Å². The summed E-state index contributed by atoms with van der Waals surface area (Å²) in [4.78, 5) is 27.5. The predicted molar refractivity (Wildman–Crippen MR) is 93.8 cm³/mol. The van der Waals surface area contributed by atoms with Crippen molar-refractivity contribution in [1.82, 2.24) is 4.98 Å². The third-order valence-electron chi connectivity index (χ3n) is 3.74. The number of aromatic amines is 1. The lowest BCUT2D eigenvalue weighted by Crippen LogP contribution is -2.16. The number of hydrogen-bond donors (Lipinski definition) is 1. The molecule has 0 atom stereocenters. The highest BCUT2D eigenvalue weighted by Crippen LogP contribution is 2.30. The zero-order valence-corrected chi connectivity index (χ0v) is 13.6. The van der Waals surface area contributed by atoms with Crippen molar-refractivity contribution in [2.45, 2.75) is 6.92 Å². The van der Waals surface area contributed by atoms with E-state index in [-0.39, 0.29) is 17.7 Å². The van der Waals surface area contributed by atoms with Gasteiger partial charge in [0.05, 0.1) is 17.9 Å². The Labute approximate surface area is 143 Å². The quantitative estimate of drug-likeness (QED) is 0.731. The Balaban J connectivity index is 2.30. The minimum Gasteiger partial charge on any atom is -0.462 e. The maximum absolute atomic E-state index is 13.2. The SMILES string of the molecule is CCOC(=O)c1c(-c2ccccc2)cc(=O)[nH]c1-c1ccc(F)cc1. The fourth-order valence-electron chi connectivity index (χ4n) is 2.65. The molecule has 0 aliphatic carbocycles. The first kappa shape index (κ1) is 16.6. The third kappa shape index (κ3) is 3.50. The topological polar surface area (TPSA) is 59.2 Å². The van der Waals surface area contributed by atoms with Gasteiger partial charge in [-0.15, -0.1) is 0 Å². The summed E-state index contributed by atoms with van der Waals surface area (Å²) in [5.74, 6) is -0.945. The molecule has 0 radical (unpaired) electrons. The molecule has 1 N–H and O–H groups in total. The van der Waals surface area contributed by atoms with Crippen molar-refractivity contribution < 1.29 is 13.9 Å². The van der Waals surface area contributed by atoms with Gasteiger partial charge in [0.25, 0.3) is 0 Å². The number of H-pyrrole nitrogens is 1. The van der Waals surface area contributed by atoms with E-state index in [0.717, 1.165) is 5.56 Å². The fourth-order valence-corrected chi connectivity index (χ4v) is 2.65. The van der Waals surface area contributed by atoms with E-state index in [0.29, 0.717) is 16.8 Å². The highest BCUT2D eigenvalue weighted by atomic mass is 19.1. The van der Waals surface area contributed by atoms with Crippen LogP contribution >= 0.6 is 0 Å². The van der Waals surface area contributed by atoms with Crippen LogP contribution < -0.4 is 5.56 Å². The molecule has 5 heteroatoms. The molecule has 3 aromatic rings. The van der Waals surface area contributed by atoms with Gasteiger partial charge in [-0.1, -0.05) is 30.3 Å². The smallest absolute Gasteiger partial charge is 0.340 e. The lowest BCUT2D eigenvalue weighted by molar-refractivity contribution is 0.0528. The molecule has 0 aliphatic heterocycles. The van der Waals surface area contributed by atoms with Gasteiger partial charge in [0.1, 0.15) is 5.82 Å². The molecule has 0 saturated carbocycles. The predicted octanol–water partition coefficient (Wildman–Crippen LogP) is 4.02. The Morgan fingerprint density at radius 3 is 2.36 bits per heavy atom. The van der Waals surface area contributed by atoms with E-state index in [2.05, 4.69) is 4.98 Å². The number of halogens is 1. The van der Waals surface area contributed by atoms with E-state index in [1.165, 1.54) is 30.3 Å². The van der Waals surface area contributed by atoms with Gasteiger partial charge in [-0.2, -0.15) is 0 Å². The van der Waals surface area contributed by atoms with E-state index in [9.17, 15) is 14.0 Å². The molecule has 0 unspecified atom stereocenters. The Bertz CT molecular complexity index is 947. The van der Waals surface area contributed by atoms with Gasteiger partial charge in [0, 0.05) is 11.6 Å². The fraction of sp³-hybridized carbons (Fsp3) is 0.100. The van der Waals surface area contributed by atoms with Crippen LogP contribution in [0.2, 0.25) is 0 Å². The molecule has 25 heavy (non-hydrogen) atoms. The standard InChI is InChI=1S/C20H16FNO3/c1-2-25-20(24)18-16(13-6-4-3-5-7-13)12-17(23)22-19(18)14-8-10-15(21)11-9-14/h3-12H,2H2,1H3,(H,22,23). The number of aromatic nitrogens is 1. The van der Waals surface area contributed by atoms with E-state index in [4.69, 9.17) is 4.74 Å². The first-order valence-electron chi connectivity index (χ1n) is 7.86. The summed E-state index contributed by atoms with van der Waals surface area (Å²) in [5.41, 5.74) is 1.93. The Kier molecular flexibility index (Phi) is 4.75. The van der Waals surface area contributed by atoms with Crippen LogP contribution in [-0.4, -0.2) is 17.6 Å². The molecule has 0 bridgehead atoms. The average molecular weight is 337 g/mol. The lowest BCUT2D eigenvalue weighted by Gasteiger charge is -2.14. The van der Waals surface area contributed by atoms with Gasteiger partial charge in [-0.25, -0.2) is 9.18 Å². The molecule has 0 saturated heterocycles. The number of pyridine rings is 1. The molecule has 0 fully saturated rings. The molecular formula is C20H16FNO3. The number of nitrogens with one attached hydrogen (secondary N) is 1. The summed E-state index contributed by atoms with van der Waals surface area (Å²) in [5, 5.41) is 0. The van der Waals surface area contributed by atoms with Gasteiger partial charge < -0.3 is 9.72 Å². The van der Waals surface area contributed by atoms with E-state index in [1.807, 2.05) is 30.3 Å². The summed E-state index contributed by atoms with van der Waals surface area (Å²) in [6.07, 6.45) is 0. The molecule has 126 valence electrons. The van der Waals surface area contributed by atoms with Crippen molar-refractivity contribution in [3.05, 3.63) is 82.4 Å². The minimum absolute atomic E-state index is 0.203. The Morgan fingerprint density at radius 2 is 1.72 bits per heavy atom. The normalized spacial score (nSPS) is 10.5. The van der Waals surface area contributed by atoms with E-state index < -0.39 is 11.8 Å². The second kappa shape index (κ2) is 7.13. The first-order valence-corrected chi connectivity index (χ1v) is 7.86. The van der Waals surface area contributed by atoms with Crippen molar-refractivity contribution in [3.63, 3.8) is 0 Å². The molecule has 0 spiro atoms. The Hall–Kier alpha value is -3.21. The average Bonchev–Trinajstić information content (AvgIpc) is 2.62. The summed E-state index contributed by atoms with van der Waals surface area (Å²) in [6, 6.07) is 16.1. The summed E-state index contributed by atoms with van der Waals surface area (Å²) in [7, 11) is 0. The molecule has 0 aliphatic rings. The van der Waals surface area contributed by atoms with Crippen LogP contribution in [-0.2, 0) is 4.74 Å². The molecule has 4 nitrogen and oxygen atoms in total. The van der Waals surface area contributed by atoms with Gasteiger partial charge in [-0.05, 0) is 42.3 Å². The van der Waals surface area contributed by atoms with Crippen molar-refractivity contribution in [3.8, 4) is 22.4 Å². The molecule has 1 aromatic heterocycles. The number of carbonyl (C=O) groups is 1. The van der Waals surface area contributed by atoms with Crippen molar-refractivity contribution in [2.24, 2.45) is 0 Å². The molecule has 0 amide bonds. The number of carbonyl (C=O) groups excluding carboxylic acids is 1. The maximum Gasteiger partial charge on any atom is 0.340 e. The van der Waals surface area contributed by atoms with Gasteiger partial charge in [0.2, 0.25) is 5.56 Å². The monoisotopic (exact) mass is 337 g/mol. The second-order valence-corrected chi connectivity index (χ2v) is 5.39. The van der Waals surface area contributed by atoms with E-state index in [1.54, 1.807) is 6.92 Å². The van der Waals surface area contributed by atoms with Crippen molar-refractivity contribution in [2.75, 3.05) is 6.61 Å². The van der Waals surface area contributed by atoms with Crippen LogP contribution in [0.25, 0.3) is 22.4 Å². The Morgan fingerprint density at radius 1 is 1.04 bits per heavy atom. The summed E-state index contributed by atoms with van der Waals surface area (Å²) in [6.45, 7) is 1.92. The number of benzene rings is 2. The van der Waals surface area contributed by atoms with E-state index >= 15 is 0 Å². The van der Waals surface area contributed by atoms with Crippen LogP contribution in [0.4, 0.5) is 4.39 Å². The molecule has 3 rings (SSSR count). The first-order chi connectivity index (χ1) is 12.1. The third-order valence-corrected chi connectivity index (χ3v) is 3.74. The number of hydrogen-bond acceptors (Lipinski definition) is 3. The van der Waals surface area contributed by atoms with Crippen molar-refractivity contribution in [1.29, 1.82) is 0 Å². The lowest BCUT2D eigenvalue weighted by atomic mass is 9.96. The van der Waals surface area contributed by atoms with Crippen LogP contribution in [0.1, 0.15) is 17.3 Å². The zero-order valence-electron chi connectivity index (χ0n) is 13.6. The van der Waals surface area contributed by atoms with Gasteiger partial charge >= 0.3 is 5.97 Å². The molecule has 1 heterocycles. The summed E-state index contributed by atoms with van der Waals surface area (Å²) >= 11 is 0. The summed E-state index contributed by atoms with van der Waals surface area (Å²) < 4.78 is 18.4.